The van der Waals surface area contributed by atoms with Crippen molar-refractivity contribution in [3.63, 3.8) is 0 Å². The predicted molar refractivity (Wildman–Crippen MR) is 106 cm³/mol. The molecule has 0 aromatic heterocycles. The molecule has 0 bridgehead atoms. The average Bonchev–Trinajstić information content (AvgIpc) is 2.67. The summed E-state index contributed by atoms with van der Waals surface area (Å²) in [6, 6.07) is 7.35. The molecule has 0 fully saturated rings. The van der Waals surface area contributed by atoms with E-state index in [9.17, 15) is 19.5 Å². The molecule has 0 unspecified atom stereocenters. The first kappa shape index (κ1) is 22.8. The Morgan fingerprint density at radius 3 is 2.41 bits per heavy atom. The normalized spacial score (nSPS) is 13.9. The minimum atomic E-state index is -1.09. The number of hydrogen-bond donors (Lipinski definition) is 3. The van der Waals surface area contributed by atoms with Crippen LogP contribution >= 0.6 is 11.8 Å². The molecule has 3 atom stereocenters. The van der Waals surface area contributed by atoms with Crippen molar-refractivity contribution in [1.29, 1.82) is 0 Å². The fourth-order valence-electron chi connectivity index (χ4n) is 2.35. The van der Waals surface area contributed by atoms with Gasteiger partial charge in [0.25, 0.3) is 0 Å². The lowest BCUT2D eigenvalue weighted by Crippen LogP contribution is -2.54. The summed E-state index contributed by atoms with van der Waals surface area (Å²) in [6.07, 6.45) is 2.11. The molecule has 1 aromatic rings. The molecule has 8 heteroatoms. The third-order valence-corrected chi connectivity index (χ3v) is 4.85. The van der Waals surface area contributed by atoms with E-state index in [1.807, 2.05) is 50.4 Å². The summed E-state index contributed by atoms with van der Waals surface area (Å²) < 4.78 is 5.17. The minimum Gasteiger partial charge on any atom is -0.480 e. The van der Waals surface area contributed by atoms with Gasteiger partial charge >= 0.3 is 12.1 Å². The van der Waals surface area contributed by atoms with E-state index in [4.69, 9.17) is 4.74 Å². The Morgan fingerprint density at radius 1 is 1.19 bits per heavy atom. The van der Waals surface area contributed by atoms with Crippen LogP contribution in [-0.2, 0) is 20.9 Å². The molecule has 1 aromatic carbocycles. The second-order valence-electron chi connectivity index (χ2n) is 6.25. The van der Waals surface area contributed by atoms with Gasteiger partial charge in [0.2, 0.25) is 5.91 Å². The molecule has 1 rings (SSSR count). The third-order valence-electron chi connectivity index (χ3n) is 4.21. The van der Waals surface area contributed by atoms with Crippen LogP contribution in [0.25, 0.3) is 0 Å². The molecule has 0 heterocycles. The maximum Gasteiger partial charge on any atom is 0.408 e. The van der Waals surface area contributed by atoms with Crippen molar-refractivity contribution < 1.29 is 24.2 Å². The number of amides is 2. The molecule has 0 saturated carbocycles. The summed E-state index contributed by atoms with van der Waals surface area (Å²) in [6.45, 7) is 3.80. The fraction of sp³-hybridized carbons (Fsp3) is 0.526. The Balaban J connectivity index is 2.68. The van der Waals surface area contributed by atoms with E-state index in [1.54, 1.807) is 0 Å². The number of rotatable bonds is 11. The highest BCUT2D eigenvalue weighted by atomic mass is 32.2. The van der Waals surface area contributed by atoms with Crippen molar-refractivity contribution in [1.82, 2.24) is 10.6 Å². The van der Waals surface area contributed by atoms with Crippen LogP contribution in [0.4, 0.5) is 4.79 Å². The van der Waals surface area contributed by atoms with Gasteiger partial charge in [0.05, 0.1) is 0 Å². The Hall–Kier alpha value is -2.22. The molecule has 0 aliphatic rings. The van der Waals surface area contributed by atoms with Crippen LogP contribution < -0.4 is 10.6 Å². The molecule has 0 saturated heterocycles. The first-order chi connectivity index (χ1) is 12.9. The monoisotopic (exact) mass is 396 g/mol. The Bertz CT molecular complexity index is 611. The minimum absolute atomic E-state index is 0.0903. The van der Waals surface area contributed by atoms with E-state index in [0.29, 0.717) is 18.6 Å². The van der Waals surface area contributed by atoms with Gasteiger partial charge in [0.15, 0.2) is 0 Å². The summed E-state index contributed by atoms with van der Waals surface area (Å²) in [5.41, 5.74) is 0.834. The lowest BCUT2D eigenvalue weighted by molar-refractivity contribution is -0.142. The second kappa shape index (κ2) is 12.2. The van der Waals surface area contributed by atoms with Gasteiger partial charge in [0.1, 0.15) is 18.7 Å². The van der Waals surface area contributed by atoms with E-state index >= 15 is 0 Å². The van der Waals surface area contributed by atoms with Crippen LogP contribution in [0.15, 0.2) is 30.3 Å². The SMILES string of the molecule is CC[C@@H](C)[C@H](NC(=O)OCc1ccccc1)C(=O)N[C@H](CCSC)C(=O)O. The van der Waals surface area contributed by atoms with E-state index < -0.39 is 30.1 Å². The van der Waals surface area contributed by atoms with Crippen LogP contribution in [0.3, 0.4) is 0 Å². The van der Waals surface area contributed by atoms with Crippen molar-refractivity contribution >= 4 is 29.7 Å². The number of carboxylic acid groups (broad SMARTS) is 1. The lowest BCUT2D eigenvalue weighted by Gasteiger charge is -2.25. The average molecular weight is 397 g/mol. The number of carbonyl (C=O) groups excluding carboxylic acids is 2. The summed E-state index contributed by atoms with van der Waals surface area (Å²) >= 11 is 1.50. The zero-order valence-electron chi connectivity index (χ0n) is 15.9. The Labute approximate surface area is 164 Å². The van der Waals surface area contributed by atoms with Gasteiger partial charge in [-0.25, -0.2) is 9.59 Å². The smallest absolute Gasteiger partial charge is 0.408 e. The first-order valence-corrected chi connectivity index (χ1v) is 10.3. The van der Waals surface area contributed by atoms with Crippen molar-refractivity contribution in [3.8, 4) is 0 Å². The molecule has 0 aliphatic carbocycles. The number of benzene rings is 1. The number of hydrogen-bond acceptors (Lipinski definition) is 5. The zero-order chi connectivity index (χ0) is 20.2. The largest absolute Gasteiger partial charge is 0.480 e. The maximum atomic E-state index is 12.6. The van der Waals surface area contributed by atoms with Crippen molar-refractivity contribution in [2.75, 3.05) is 12.0 Å². The molecule has 0 aliphatic heterocycles. The molecule has 150 valence electrons. The van der Waals surface area contributed by atoms with Gasteiger partial charge in [-0.2, -0.15) is 11.8 Å². The van der Waals surface area contributed by atoms with Gasteiger partial charge in [-0.1, -0.05) is 50.6 Å². The number of ether oxygens (including phenoxy) is 1. The topological polar surface area (TPSA) is 105 Å². The van der Waals surface area contributed by atoms with Gasteiger partial charge in [0, 0.05) is 0 Å². The molecular weight excluding hydrogens is 368 g/mol. The number of nitrogens with one attached hydrogen (secondary N) is 2. The molecule has 0 spiro atoms. The highest BCUT2D eigenvalue weighted by Gasteiger charge is 2.30. The van der Waals surface area contributed by atoms with Gasteiger partial charge in [-0.05, 0) is 29.9 Å². The molecule has 2 amide bonds. The van der Waals surface area contributed by atoms with Crippen LogP contribution in [0.1, 0.15) is 32.3 Å². The van der Waals surface area contributed by atoms with Gasteiger partial charge < -0.3 is 20.5 Å². The highest BCUT2D eigenvalue weighted by molar-refractivity contribution is 7.98. The van der Waals surface area contributed by atoms with Crippen LogP contribution in [0.5, 0.6) is 0 Å². The molecule has 0 radical (unpaired) electrons. The van der Waals surface area contributed by atoms with Crippen LogP contribution in [-0.4, -0.2) is 47.2 Å². The number of thioether (sulfide) groups is 1. The highest BCUT2D eigenvalue weighted by Crippen LogP contribution is 2.10. The summed E-state index contributed by atoms with van der Waals surface area (Å²) in [4.78, 5) is 36.0. The van der Waals surface area contributed by atoms with Gasteiger partial charge in [-0.15, -0.1) is 0 Å². The fourth-order valence-corrected chi connectivity index (χ4v) is 2.82. The predicted octanol–water partition coefficient (Wildman–Crippen LogP) is 2.65. The standard InChI is InChI=1S/C19H28N2O5S/c1-4-13(2)16(17(22)20-15(18(23)24)10-11-27-3)21-19(25)26-12-14-8-6-5-7-9-14/h5-9,13,15-16H,4,10-12H2,1-3H3,(H,20,22)(H,21,25)(H,23,24)/t13-,15-,16+/m1/s1. The second-order valence-corrected chi connectivity index (χ2v) is 7.24. The number of carboxylic acids is 1. The lowest BCUT2D eigenvalue weighted by atomic mass is 9.98. The Kier molecular flexibility index (Phi) is 10.3. The van der Waals surface area contributed by atoms with E-state index in [1.165, 1.54) is 11.8 Å². The summed E-state index contributed by atoms with van der Waals surface area (Å²) in [5.74, 6) is -1.18. The molecule has 3 N–H and O–H groups in total. The summed E-state index contributed by atoms with van der Waals surface area (Å²) in [5, 5.41) is 14.4. The van der Waals surface area contributed by atoms with E-state index in [0.717, 1.165) is 5.56 Å². The van der Waals surface area contributed by atoms with Gasteiger partial charge in [-0.3, -0.25) is 4.79 Å². The Morgan fingerprint density at radius 2 is 1.85 bits per heavy atom. The zero-order valence-corrected chi connectivity index (χ0v) is 16.8. The van der Waals surface area contributed by atoms with Crippen molar-refractivity contribution in [2.45, 2.75) is 45.4 Å². The van der Waals surface area contributed by atoms with Crippen LogP contribution in [0, 0.1) is 5.92 Å². The van der Waals surface area contributed by atoms with E-state index in [-0.39, 0.29) is 12.5 Å². The number of alkyl carbamates (subject to hydrolysis) is 1. The van der Waals surface area contributed by atoms with Crippen molar-refractivity contribution in [2.24, 2.45) is 5.92 Å². The van der Waals surface area contributed by atoms with E-state index in [2.05, 4.69) is 10.6 Å². The first-order valence-electron chi connectivity index (χ1n) is 8.88. The molecular formula is C19H28N2O5S. The number of aliphatic carboxylic acids is 1. The van der Waals surface area contributed by atoms with Crippen LogP contribution in [0.2, 0.25) is 0 Å². The number of carbonyl (C=O) groups is 3. The molecule has 7 nitrogen and oxygen atoms in total. The van der Waals surface area contributed by atoms with Crippen molar-refractivity contribution in [3.05, 3.63) is 35.9 Å². The summed E-state index contributed by atoms with van der Waals surface area (Å²) in [7, 11) is 0. The quantitative estimate of drug-likeness (QED) is 0.531. The maximum absolute atomic E-state index is 12.6. The third kappa shape index (κ3) is 8.34. The molecule has 27 heavy (non-hydrogen) atoms.